The number of ether oxygens (including phenoxy) is 1. The van der Waals surface area contributed by atoms with Crippen LogP contribution in [-0.2, 0) is 16.3 Å². The van der Waals surface area contributed by atoms with Crippen molar-refractivity contribution in [3.05, 3.63) is 35.2 Å². The van der Waals surface area contributed by atoms with Crippen molar-refractivity contribution in [3.63, 3.8) is 0 Å². The predicted octanol–water partition coefficient (Wildman–Crippen LogP) is 3.26. The smallest absolute Gasteiger partial charge is 0.276 e. The Hall–Kier alpha value is -1.25. The zero-order valence-electron chi connectivity index (χ0n) is 13.6. The van der Waals surface area contributed by atoms with Crippen LogP contribution in [0.15, 0.2) is 33.9 Å². The Morgan fingerprint density at radius 3 is 2.80 bits per heavy atom. The average molecular weight is 403 g/mol. The van der Waals surface area contributed by atoms with Gasteiger partial charge in [0.1, 0.15) is 5.75 Å². The Morgan fingerprint density at radius 2 is 2.08 bits per heavy atom. The van der Waals surface area contributed by atoms with E-state index in [-0.39, 0.29) is 17.4 Å². The van der Waals surface area contributed by atoms with Crippen LogP contribution in [0.3, 0.4) is 0 Å². The molecule has 1 aromatic heterocycles. The molecular formula is C16H19ClN2O4S2. The van der Waals surface area contributed by atoms with Gasteiger partial charge in [0.2, 0.25) is 5.89 Å². The fourth-order valence-electron chi connectivity index (χ4n) is 2.60. The van der Waals surface area contributed by atoms with Crippen molar-refractivity contribution in [2.45, 2.75) is 24.5 Å². The maximum atomic E-state index is 11.5. The fraction of sp³-hybridized carbons (Fsp3) is 0.500. The van der Waals surface area contributed by atoms with Gasteiger partial charge in [0.25, 0.3) is 5.22 Å². The predicted molar refractivity (Wildman–Crippen MR) is 97.1 cm³/mol. The lowest BCUT2D eigenvalue weighted by molar-refractivity contribution is 0.318. The van der Waals surface area contributed by atoms with E-state index in [9.17, 15) is 8.42 Å². The van der Waals surface area contributed by atoms with Gasteiger partial charge < -0.3 is 9.15 Å². The lowest BCUT2D eigenvalue weighted by Gasteiger charge is -2.05. The van der Waals surface area contributed by atoms with Crippen LogP contribution >= 0.6 is 23.4 Å². The molecule has 0 aliphatic carbocycles. The van der Waals surface area contributed by atoms with Crippen LogP contribution in [0.25, 0.3) is 0 Å². The van der Waals surface area contributed by atoms with Gasteiger partial charge in [-0.05, 0) is 43.0 Å². The van der Waals surface area contributed by atoms with Crippen molar-refractivity contribution in [3.8, 4) is 5.75 Å². The number of halogens is 1. The number of thioether (sulfide) groups is 1. The molecule has 1 saturated heterocycles. The van der Waals surface area contributed by atoms with Crippen LogP contribution in [0.4, 0.5) is 0 Å². The third kappa shape index (κ3) is 5.90. The second-order valence-electron chi connectivity index (χ2n) is 5.94. The first-order valence-electron chi connectivity index (χ1n) is 8.04. The summed E-state index contributed by atoms with van der Waals surface area (Å²) < 4.78 is 34.1. The van der Waals surface area contributed by atoms with Gasteiger partial charge in [0.15, 0.2) is 9.84 Å². The summed E-state index contributed by atoms with van der Waals surface area (Å²) in [5, 5.41) is 9.21. The molecule has 25 heavy (non-hydrogen) atoms. The van der Waals surface area contributed by atoms with Crippen molar-refractivity contribution in [2.75, 3.05) is 23.9 Å². The van der Waals surface area contributed by atoms with E-state index in [4.69, 9.17) is 20.8 Å². The molecule has 0 spiro atoms. The molecule has 136 valence electrons. The molecule has 0 amide bonds. The number of sulfone groups is 1. The molecule has 0 radical (unpaired) electrons. The molecule has 2 aromatic rings. The molecule has 1 aliphatic heterocycles. The first-order valence-corrected chi connectivity index (χ1v) is 11.2. The minimum absolute atomic E-state index is 0.0936. The fourth-order valence-corrected chi connectivity index (χ4v) is 5.28. The van der Waals surface area contributed by atoms with E-state index in [1.165, 1.54) is 11.8 Å². The van der Waals surface area contributed by atoms with Crippen molar-refractivity contribution in [1.82, 2.24) is 10.2 Å². The van der Waals surface area contributed by atoms with E-state index in [0.717, 1.165) is 17.9 Å². The molecule has 9 heteroatoms. The molecule has 0 N–H and O–H groups in total. The lowest BCUT2D eigenvalue weighted by atomic mass is 10.1. The largest absolute Gasteiger partial charge is 0.494 e. The minimum Gasteiger partial charge on any atom is -0.494 e. The van der Waals surface area contributed by atoms with E-state index in [0.29, 0.717) is 35.6 Å². The van der Waals surface area contributed by atoms with Crippen molar-refractivity contribution in [2.24, 2.45) is 5.92 Å². The number of rotatable bonds is 8. The molecular weight excluding hydrogens is 384 g/mol. The first-order chi connectivity index (χ1) is 12.0. The molecule has 0 bridgehead atoms. The third-order valence-electron chi connectivity index (χ3n) is 3.83. The molecule has 2 heterocycles. The van der Waals surface area contributed by atoms with Crippen LogP contribution in [0, 0.1) is 5.92 Å². The summed E-state index contributed by atoms with van der Waals surface area (Å²) in [6, 6.07) is 7.26. The Morgan fingerprint density at radius 1 is 1.28 bits per heavy atom. The van der Waals surface area contributed by atoms with Crippen LogP contribution in [0.1, 0.15) is 18.7 Å². The van der Waals surface area contributed by atoms with Crippen molar-refractivity contribution in [1.29, 1.82) is 0 Å². The second-order valence-corrected chi connectivity index (χ2v) is 9.65. The van der Waals surface area contributed by atoms with Crippen molar-refractivity contribution < 1.29 is 17.6 Å². The number of hydrogen-bond donors (Lipinski definition) is 0. The zero-order valence-corrected chi connectivity index (χ0v) is 15.9. The molecule has 0 saturated carbocycles. The molecule has 1 fully saturated rings. The van der Waals surface area contributed by atoms with Crippen LogP contribution < -0.4 is 4.74 Å². The maximum Gasteiger partial charge on any atom is 0.276 e. The van der Waals surface area contributed by atoms with E-state index in [2.05, 4.69) is 10.2 Å². The monoisotopic (exact) mass is 402 g/mol. The highest BCUT2D eigenvalue weighted by atomic mass is 35.5. The molecule has 1 unspecified atom stereocenters. The van der Waals surface area contributed by atoms with Gasteiger partial charge in [-0.2, -0.15) is 0 Å². The first kappa shape index (κ1) is 18.5. The van der Waals surface area contributed by atoms with Crippen LogP contribution in [0.5, 0.6) is 5.75 Å². The quantitative estimate of drug-likeness (QED) is 0.495. The number of hydrogen-bond acceptors (Lipinski definition) is 7. The number of benzene rings is 1. The highest BCUT2D eigenvalue weighted by Gasteiger charge is 2.29. The van der Waals surface area contributed by atoms with Gasteiger partial charge in [-0.1, -0.05) is 23.4 Å². The summed E-state index contributed by atoms with van der Waals surface area (Å²) in [7, 11) is -2.87. The van der Waals surface area contributed by atoms with Gasteiger partial charge in [-0.15, -0.1) is 10.2 Å². The van der Waals surface area contributed by atoms with Gasteiger partial charge in [-0.25, -0.2) is 8.42 Å². The molecule has 1 aromatic carbocycles. The SMILES string of the molecule is O=S1(=O)CCC(Cc2nnc(SCCCOc3ccc(Cl)cc3)o2)C1. The zero-order chi connectivity index (χ0) is 17.7. The minimum atomic E-state index is -2.87. The summed E-state index contributed by atoms with van der Waals surface area (Å²) >= 11 is 7.30. The summed E-state index contributed by atoms with van der Waals surface area (Å²) in [6.45, 7) is 0.593. The Labute approximate surface area is 156 Å². The van der Waals surface area contributed by atoms with Crippen LogP contribution in [0.2, 0.25) is 5.02 Å². The third-order valence-corrected chi connectivity index (χ3v) is 6.83. The lowest BCUT2D eigenvalue weighted by Crippen LogP contribution is -2.07. The average Bonchev–Trinajstić information content (AvgIpc) is 3.15. The van der Waals surface area contributed by atoms with Crippen molar-refractivity contribution >= 4 is 33.2 Å². The molecule has 1 atom stereocenters. The van der Waals surface area contributed by atoms with Gasteiger partial charge in [0, 0.05) is 17.2 Å². The topological polar surface area (TPSA) is 82.3 Å². The highest BCUT2D eigenvalue weighted by Crippen LogP contribution is 2.24. The summed E-state index contributed by atoms with van der Waals surface area (Å²) in [4.78, 5) is 0. The molecule has 3 rings (SSSR count). The Kier molecular flexibility index (Phi) is 6.24. The van der Waals surface area contributed by atoms with Gasteiger partial charge in [0.05, 0.1) is 18.1 Å². The van der Waals surface area contributed by atoms with Crippen LogP contribution in [-0.4, -0.2) is 42.5 Å². The highest BCUT2D eigenvalue weighted by molar-refractivity contribution is 7.99. The normalized spacial score (nSPS) is 19.2. The number of aromatic nitrogens is 2. The van der Waals surface area contributed by atoms with Gasteiger partial charge >= 0.3 is 0 Å². The molecule has 1 aliphatic rings. The van der Waals surface area contributed by atoms with E-state index < -0.39 is 9.84 Å². The van der Waals surface area contributed by atoms with Gasteiger partial charge in [-0.3, -0.25) is 0 Å². The summed E-state index contributed by atoms with van der Waals surface area (Å²) in [5.74, 6) is 2.69. The summed E-state index contributed by atoms with van der Waals surface area (Å²) in [6.07, 6.45) is 2.05. The second kappa shape index (κ2) is 8.42. The van der Waals surface area contributed by atoms with E-state index in [1.54, 1.807) is 12.1 Å². The molecule has 6 nitrogen and oxygen atoms in total. The number of nitrogens with zero attached hydrogens (tertiary/aromatic N) is 2. The maximum absolute atomic E-state index is 11.5. The standard InChI is InChI=1S/C16H19ClN2O4S2/c17-13-2-4-14(5-3-13)22-7-1-8-24-16-19-18-15(23-16)10-12-6-9-25(20,21)11-12/h2-5,12H,1,6-11H2. The summed E-state index contributed by atoms with van der Waals surface area (Å²) in [5.41, 5.74) is 0. The Balaban J connectivity index is 1.35. The Bertz CT molecular complexity index is 793. The van der Waals surface area contributed by atoms with E-state index >= 15 is 0 Å². The van der Waals surface area contributed by atoms with E-state index in [1.807, 2.05) is 12.1 Å².